The van der Waals surface area contributed by atoms with Crippen LogP contribution in [0.25, 0.3) is 0 Å². The quantitative estimate of drug-likeness (QED) is 0.572. The Balaban J connectivity index is 1.87. The number of hydrogen-bond acceptors (Lipinski definition) is 2. The molecule has 1 fully saturated rings. The van der Waals surface area contributed by atoms with Crippen molar-refractivity contribution in [3.05, 3.63) is 12.2 Å². The first-order valence-corrected chi connectivity index (χ1v) is 6.35. The summed E-state index contributed by atoms with van der Waals surface area (Å²) in [5.41, 5.74) is 0. The minimum Gasteiger partial charge on any atom is -0.376 e. The highest BCUT2D eigenvalue weighted by Gasteiger charge is 2.25. The molecule has 2 atom stereocenters. The molecule has 86 valence electrons. The Morgan fingerprint density at radius 2 is 1.33 bits per heavy atom. The molecule has 15 heavy (non-hydrogen) atoms. The van der Waals surface area contributed by atoms with Gasteiger partial charge in [-0.15, -0.1) is 0 Å². The van der Waals surface area contributed by atoms with E-state index in [9.17, 15) is 0 Å². The summed E-state index contributed by atoms with van der Waals surface area (Å²) in [6, 6.07) is 0. The molecule has 0 aromatic heterocycles. The summed E-state index contributed by atoms with van der Waals surface area (Å²) in [6.45, 7) is 1.83. The molecule has 1 saturated heterocycles. The lowest BCUT2D eigenvalue weighted by Crippen LogP contribution is -2.36. The molecule has 0 amide bonds. The van der Waals surface area contributed by atoms with Gasteiger partial charge in [0.1, 0.15) is 0 Å². The maximum Gasteiger partial charge on any atom is 0.0837 e. The van der Waals surface area contributed by atoms with Gasteiger partial charge in [0.2, 0.25) is 0 Å². The lowest BCUT2D eigenvalue weighted by atomic mass is 10.0. The van der Waals surface area contributed by atoms with Gasteiger partial charge in [0.25, 0.3) is 0 Å². The largest absolute Gasteiger partial charge is 0.376 e. The monoisotopic (exact) mass is 210 g/mol. The van der Waals surface area contributed by atoms with E-state index in [1.807, 2.05) is 0 Å². The van der Waals surface area contributed by atoms with E-state index in [1.165, 1.54) is 25.7 Å². The van der Waals surface area contributed by atoms with Gasteiger partial charge in [0, 0.05) is 13.2 Å². The average Bonchev–Trinajstić information content (AvgIpc) is 2.32. The fourth-order valence-corrected chi connectivity index (χ4v) is 2.38. The molecule has 0 aromatic carbocycles. The van der Waals surface area contributed by atoms with E-state index in [1.54, 1.807) is 0 Å². The molecule has 0 saturated carbocycles. The van der Waals surface area contributed by atoms with Crippen molar-refractivity contribution >= 4 is 0 Å². The summed E-state index contributed by atoms with van der Waals surface area (Å²) in [5.74, 6) is 0. The van der Waals surface area contributed by atoms with E-state index < -0.39 is 0 Å². The molecule has 0 N–H and O–H groups in total. The molecular formula is C13H22O2. The first-order valence-electron chi connectivity index (χ1n) is 6.35. The fourth-order valence-electron chi connectivity index (χ4n) is 2.38. The molecule has 0 spiro atoms. The highest BCUT2D eigenvalue weighted by molar-refractivity contribution is 4.84. The van der Waals surface area contributed by atoms with Crippen LogP contribution in [0.1, 0.15) is 44.9 Å². The van der Waals surface area contributed by atoms with E-state index in [-0.39, 0.29) is 0 Å². The highest BCUT2D eigenvalue weighted by atomic mass is 16.5. The van der Waals surface area contributed by atoms with Gasteiger partial charge in [-0.25, -0.2) is 0 Å². The van der Waals surface area contributed by atoms with Gasteiger partial charge < -0.3 is 9.47 Å². The van der Waals surface area contributed by atoms with Crippen molar-refractivity contribution in [2.75, 3.05) is 13.2 Å². The van der Waals surface area contributed by atoms with Crippen LogP contribution in [0, 0.1) is 0 Å². The molecule has 0 aliphatic carbocycles. The van der Waals surface area contributed by atoms with Crippen LogP contribution in [0.2, 0.25) is 0 Å². The van der Waals surface area contributed by atoms with Crippen LogP contribution in [0.3, 0.4) is 0 Å². The predicted molar refractivity (Wildman–Crippen MR) is 60.9 cm³/mol. The Labute approximate surface area is 92.6 Å². The molecule has 2 heterocycles. The zero-order chi connectivity index (χ0) is 10.3. The smallest absolute Gasteiger partial charge is 0.0837 e. The third-order valence-electron chi connectivity index (χ3n) is 3.25. The first kappa shape index (κ1) is 11.2. The Hall–Kier alpha value is -0.340. The fraction of sp³-hybridized carbons (Fsp3) is 0.846. The third-order valence-corrected chi connectivity index (χ3v) is 3.25. The van der Waals surface area contributed by atoms with Crippen molar-refractivity contribution in [3.8, 4) is 0 Å². The molecular weight excluding hydrogens is 188 g/mol. The first-order chi connectivity index (χ1) is 7.47. The highest BCUT2D eigenvalue weighted by Crippen LogP contribution is 2.22. The summed E-state index contributed by atoms with van der Waals surface area (Å²) in [6.07, 6.45) is 13.6. The number of ether oxygens (including phenoxy) is 2. The lowest BCUT2D eigenvalue weighted by molar-refractivity contribution is -0.108. The molecule has 2 aliphatic rings. The van der Waals surface area contributed by atoms with Crippen molar-refractivity contribution in [2.45, 2.75) is 57.2 Å². The second kappa shape index (κ2) is 6.29. The van der Waals surface area contributed by atoms with Gasteiger partial charge in [-0.1, -0.05) is 12.2 Å². The summed E-state index contributed by atoms with van der Waals surface area (Å²) >= 11 is 0. The van der Waals surface area contributed by atoms with Crippen LogP contribution in [0.15, 0.2) is 12.2 Å². The lowest BCUT2D eigenvalue weighted by Gasteiger charge is -2.31. The molecule has 0 unspecified atom stereocenters. The van der Waals surface area contributed by atoms with Gasteiger partial charge in [0.15, 0.2) is 0 Å². The van der Waals surface area contributed by atoms with Crippen LogP contribution in [0.4, 0.5) is 0 Å². The molecule has 0 radical (unpaired) electrons. The maximum absolute atomic E-state index is 5.92. The molecule has 2 nitrogen and oxygen atoms in total. The Bertz CT molecular complexity index is 201. The van der Waals surface area contributed by atoms with Gasteiger partial charge in [-0.2, -0.15) is 0 Å². The topological polar surface area (TPSA) is 18.5 Å². The van der Waals surface area contributed by atoms with Crippen molar-refractivity contribution in [1.82, 2.24) is 0 Å². The second-order valence-electron chi connectivity index (χ2n) is 4.51. The molecule has 0 bridgehead atoms. The summed E-state index contributed by atoms with van der Waals surface area (Å²) in [4.78, 5) is 0. The number of hydrogen-bond donors (Lipinski definition) is 0. The van der Waals surface area contributed by atoms with E-state index in [0.717, 1.165) is 32.5 Å². The van der Waals surface area contributed by atoms with E-state index in [2.05, 4.69) is 12.2 Å². The van der Waals surface area contributed by atoms with Crippen molar-refractivity contribution in [1.29, 1.82) is 0 Å². The SMILES string of the molecule is C1=C/CCC[C@H]2OCCC[C@@H]2OCCC/1. The minimum atomic E-state index is 0.366. The summed E-state index contributed by atoms with van der Waals surface area (Å²) in [7, 11) is 0. The second-order valence-corrected chi connectivity index (χ2v) is 4.51. The molecule has 0 aromatic rings. The van der Waals surface area contributed by atoms with Crippen molar-refractivity contribution < 1.29 is 9.47 Å². The number of rotatable bonds is 0. The van der Waals surface area contributed by atoms with Crippen LogP contribution >= 0.6 is 0 Å². The van der Waals surface area contributed by atoms with Crippen LogP contribution in [-0.4, -0.2) is 25.4 Å². The van der Waals surface area contributed by atoms with E-state index in [4.69, 9.17) is 9.47 Å². The molecule has 2 aliphatic heterocycles. The minimum absolute atomic E-state index is 0.366. The van der Waals surface area contributed by atoms with Crippen LogP contribution in [-0.2, 0) is 9.47 Å². The predicted octanol–water partition coefficient (Wildman–Crippen LogP) is 3.07. The van der Waals surface area contributed by atoms with Gasteiger partial charge >= 0.3 is 0 Å². The zero-order valence-corrected chi connectivity index (χ0v) is 9.49. The van der Waals surface area contributed by atoms with Gasteiger partial charge in [-0.3, -0.25) is 0 Å². The Morgan fingerprint density at radius 3 is 2.13 bits per heavy atom. The number of allylic oxidation sites excluding steroid dienone is 2. The summed E-state index contributed by atoms with van der Waals surface area (Å²) in [5, 5.41) is 0. The Morgan fingerprint density at radius 1 is 0.733 bits per heavy atom. The summed E-state index contributed by atoms with van der Waals surface area (Å²) < 4.78 is 11.7. The van der Waals surface area contributed by atoms with Crippen molar-refractivity contribution in [2.24, 2.45) is 0 Å². The van der Waals surface area contributed by atoms with E-state index in [0.29, 0.717) is 12.2 Å². The van der Waals surface area contributed by atoms with Gasteiger partial charge in [-0.05, 0) is 44.9 Å². The van der Waals surface area contributed by atoms with Crippen molar-refractivity contribution in [3.63, 3.8) is 0 Å². The zero-order valence-electron chi connectivity index (χ0n) is 9.49. The van der Waals surface area contributed by atoms with Gasteiger partial charge in [0.05, 0.1) is 12.2 Å². The number of fused-ring (bicyclic) bond motifs is 1. The van der Waals surface area contributed by atoms with E-state index >= 15 is 0 Å². The average molecular weight is 210 g/mol. The molecule has 2 rings (SSSR count). The Kier molecular flexibility index (Phi) is 4.68. The maximum atomic E-state index is 5.92. The normalized spacial score (nSPS) is 36.3. The molecule has 2 heteroatoms. The van der Waals surface area contributed by atoms with Crippen LogP contribution < -0.4 is 0 Å². The van der Waals surface area contributed by atoms with Crippen LogP contribution in [0.5, 0.6) is 0 Å². The standard InChI is InChI=1S/C13H22O2/c1-2-4-6-10-14-13-9-7-11-15-12(13)8-5-3-1/h1-2,12-13H,3-11H2/b2-1+/t12-,13+/m1/s1. The third kappa shape index (κ3) is 3.62.